The summed E-state index contributed by atoms with van der Waals surface area (Å²) in [5, 5.41) is 19.4. The van der Waals surface area contributed by atoms with Gasteiger partial charge in [-0.3, -0.25) is 19.7 Å². The first-order valence-electron chi connectivity index (χ1n) is 12.7. The van der Waals surface area contributed by atoms with Gasteiger partial charge in [-0.25, -0.2) is 0 Å². The van der Waals surface area contributed by atoms with Crippen molar-refractivity contribution in [3.05, 3.63) is 123 Å². The maximum absolute atomic E-state index is 13.6. The predicted molar refractivity (Wildman–Crippen MR) is 152 cm³/mol. The van der Waals surface area contributed by atoms with Gasteiger partial charge < -0.3 is 0 Å². The van der Waals surface area contributed by atoms with Crippen LogP contribution in [0.2, 0.25) is 0 Å². The van der Waals surface area contributed by atoms with Crippen molar-refractivity contribution in [2.75, 3.05) is 0 Å². The lowest BCUT2D eigenvalue weighted by Gasteiger charge is -2.25. The maximum atomic E-state index is 13.6. The molecule has 9 rings (SSSR count). The third kappa shape index (κ3) is 2.32. The molecule has 0 aliphatic heterocycles. The summed E-state index contributed by atoms with van der Waals surface area (Å²) in [6.45, 7) is 0. The number of carbonyl (C=O) groups is 2. The number of carbonyl (C=O) groups excluding carboxylic acids is 2. The van der Waals surface area contributed by atoms with E-state index in [9.17, 15) is 19.7 Å². The summed E-state index contributed by atoms with van der Waals surface area (Å²) in [4.78, 5) is 38.3. The van der Waals surface area contributed by atoms with Crippen molar-refractivity contribution in [3.8, 4) is 22.3 Å². The predicted octanol–water partition coefficient (Wildman–Crippen LogP) is 8.07. The van der Waals surface area contributed by atoms with E-state index in [1.54, 1.807) is 6.07 Å². The molecule has 0 spiro atoms. The lowest BCUT2D eigenvalue weighted by Crippen LogP contribution is -2.11. The topological polar surface area (TPSA) is 77.3 Å². The summed E-state index contributed by atoms with van der Waals surface area (Å²) in [7, 11) is 0. The molecule has 39 heavy (non-hydrogen) atoms. The van der Waals surface area contributed by atoms with Crippen molar-refractivity contribution >= 4 is 60.3 Å². The molecule has 0 N–H and O–H groups in total. The van der Waals surface area contributed by atoms with E-state index in [0.29, 0.717) is 27.8 Å². The van der Waals surface area contributed by atoms with Crippen molar-refractivity contribution in [1.82, 2.24) is 0 Å². The van der Waals surface area contributed by atoms with Gasteiger partial charge in [0.2, 0.25) is 0 Å². The number of benzene rings is 7. The Hall–Kier alpha value is -5.42. The molecule has 7 aromatic carbocycles. The van der Waals surface area contributed by atoms with Crippen LogP contribution in [0.4, 0.5) is 5.69 Å². The molecule has 0 radical (unpaired) electrons. The summed E-state index contributed by atoms with van der Waals surface area (Å²) in [5.74, 6) is -0.101. The number of rotatable bonds is 1. The van der Waals surface area contributed by atoms with E-state index in [4.69, 9.17) is 0 Å². The van der Waals surface area contributed by atoms with Crippen LogP contribution >= 0.6 is 0 Å². The average Bonchev–Trinajstić information content (AvgIpc) is 2.97. The quantitative estimate of drug-likeness (QED) is 0.0986. The number of fused-ring (bicyclic) bond motifs is 6. The van der Waals surface area contributed by atoms with Crippen LogP contribution < -0.4 is 0 Å². The molecule has 0 saturated heterocycles. The summed E-state index contributed by atoms with van der Waals surface area (Å²) in [6.07, 6.45) is 0. The lowest BCUT2D eigenvalue weighted by atomic mass is 9.76. The van der Waals surface area contributed by atoms with Crippen LogP contribution in [0.1, 0.15) is 31.8 Å². The maximum Gasteiger partial charge on any atom is 0.270 e. The largest absolute Gasteiger partial charge is 0.289 e. The Morgan fingerprint density at radius 3 is 1.41 bits per heavy atom. The van der Waals surface area contributed by atoms with E-state index in [0.717, 1.165) is 59.8 Å². The zero-order valence-electron chi connectivity index (χ0n) is 20.2. The number of nitrogens with zero attached hydrogens (tertiary/aromatic N) is 1. The van der Waals surface area contributed by atoms with Crippen LogP contribution in [0, 0.1) is 10.1 Å². The second kappa shape index (κ2) is 6.71. The van der Waals surface area contributed by atoms with Gasteiger partial charge in [0, 0.05) is 50.7 Å². The fourth-order valence-corrected chi connectivity index (χ4v) is 6.99. The fraction of sp³-hybridized carbons (Fsp3) is 0. The molecular formula is C34H15NO4. The molecule has 0 heterocycles. The number of hydrogen-bond acceptors (Lipinski definition) is 4. The molecule has 7 aromatic rings. The van der Waals surface area contributed by atoms with Crippen LogP contribution in [0.25, 0.3) is 65.3 Å². The molecule has 5 nitrogen and oxygen atoms in total. The SMILES string of the molecule is O=C1c2ccccc2-c2ccc3c4ccc5c6c(ccc(c7ccc1c2c73)c64)C(=O)c1ccc([N+](=O)[O-])cc1-5. The van der Waals surface area contributed by atoms with E-state index < -0.39 is 4.92 Å². The molecule has 0 fully saturated rings. The third-order valence-electron chi connectivity index (χ3n) is 8.60. The molecule has 0 saturated carbocycles. The summed E-state index contributed by atoms with van der Waals surface area (Å²) < 4.78 is 0. The lowest BCUT2D eigenvalue weighted by molar-refractivity contribution is -0.384. The van der Waals surface area contributed by atoms with Gasteiger partial charge in [-0.05, 0) is 67.2 Å². The Morgan fingerprint density at radius 2 is 0.872 bits per heavy atom. The average molecular weight is 501 g/mol. The fourth-order valence-electron chi connectivity index (χ4n) is 6.99. The molecule has 0 amide bonds. The number of nitro benzene ring substituents is 1. The highest BCUT2D eigenvalue weighted by Gasteiger charge is 2.31. The standard InChI is InChI=1S/C34H15NO4/c36-33-24-4-2-1-3-17(24)18-7-8-19-20-9-10-23-28-15-16(35(38)39)5-6-25(28)34(37)27-14-12-22(30(20)32(23)27)21-11-13-26(33)31(18)29(19)21/h1-15H. The van der Waals surface area contributed by atoms with Gasteiger partial charge in [0.1, 0.15) is 0 Å². The molecular weight excluding hydrogens is 486 g/mol. The summed E-state index contributed by atoms with van der Waals surface area (Å²) >= 11 is 0. The highest BCUT2D eigenvalue weighted by atomic mass is 16.6. The zero-order valence-corrected chi connectivity index (χ0v) is 20.2. The first kappa shape index (κ1) is 20.6. The minimum atomic E-state index is -0.430. The van der Waals surface area contributed by atoms with E-state index in [1.807, 2.05) is 54.6 Å². The summed E-state index contributed by atoms with van der Waals surface area (Å²) in [6, 6.07) is 28.3. The van der Waals surface area contributed by atoms with Crippen molar-refractivity contribution in [2.45, 2.75) is 0 Å². The van der Waals surface area contributed by atoms with E-state index >= 15 is 0 Å². The Morgan fingerprint density at radius 1 is 0.436 bits per heavy atom. The zero-order chi connectivity index (χ0) is 26.2. The van der Waals surface area contributed by atoms with E-state index in [2.05, 4.69) is 18.2 Å². The second-order valence-corrected chi connectivity index (χ2v) is 10.3. The van der Waals surface area contributed by atoms with Crippen molar-refractivity contribution in [1.29, 1.82) is 0 Å². The number of hydrogen-bond donors (Lipinski definition) is 0. The van der Waals surface area contributed by atoms with Gasteiger partial charge in [-0.2, -0.15) is 0 Å². The molecule has 5 heteroatoms. The molecule has 0 unspecified atom stereocenters. The van der Waals surface area contributed by atoms with Crippen LogP contribution in [0.3, 0.4) is 0 Å². The van der Waals surface area contributed by atoms with E-state index in [1.165, 1.54) is 12.1 Å². The van der Waals surface area contributed by atoms with Gasteiger partial charge in [0.15, 0.2) is 11.6 Å². The van der Waals surface area contributed by atoms with Gasteiger partial charge in [0.25, 0.3) is 5.69 Å². The number of non-ortho nitro benzene ring substituents is 1. The van der Waals surface area contributed by atoms with Crippen LogP contribution in [-0.2, 0) is 0 Å². The highest BCUT2D eigenvalue weighted by Crippen LogP contribution is 2.50. The van der Waals surface area contributed by atoms with Gasteiger partial charge in [0.05, 0.1) is 4.92 Å². The molecule has 0 bridgehead atoms. The Bertz CT molecular complexity index is 2330. The van der Waals surface area contributed by atoms with Gasteiger partial charge in [-0.15, -0.1) is 0 Å². The first-order chi connectivity index (χ1) is 19.0. The van der Waals surface area contributed by atoms with Gasteiger partial charge in [-0.1, -0.05) is 60.7 Å². The van der Waals surface area contributed by atoms with Gasteiger partial charge >= 0.3 is 0 Å². The van der Waals surface area contributed by atoms with Crippen LogP contribution in [0.5, 0.6) is 0 Å². The minimum absolute atomic E-state index is 0.0293. The molecule has 0 aromatic heterocycles. The van der Waals surface area contributed by atoms with Crippen molar-refractivity contribution in [3.63, 3.8) is 0 Å². The van der Waals surface area contributed by atoms with Crippen LogP contribution in [-0.4, -0.2) is 16.5 Å². The smallest absolute Gasteiger partial charge is 0.270 e. The van der Waals surface area contributed by atoms with Crippen molar-refractivity contribution < 1.29 is 14.5 Å². The second-order valence-electron chi connectivity index (χ2n) is 10.3. The first-order valence-corrected chi connectivity index (χ1v) is 12.7. The minimum Gasteiger partial charge on any atom is -0.289 e. The molecule has 180 valence electrons. The Balaban J connectivity index is 1.48. The number of nitro groups is 1. The Labute approximate surface area is 220 Å². The normalized spacial score (nSPS) is 13.4. The van der Waals surface area contributed by atoms with E-state index in [-0.39, 0.29) is 17.3 Å². The molecule has 0 atom stereocenters. The van der Waals surface area contributed by atoms with Crippen molar-refractivity contribution in [2.24, 2.45) is 0 Å². The van der Waals surface area contributed by atoms with Crippen LogP contribution in [0.15, 0.2) is 91.0 Å². The summed E-state index contributed by atoms with van der Waals surface area (Å²) in [5.41, 5.74) is 5.85. The number of ketones is 2. The Kier molecular flexibility index (Phi) is 3.55. The molecule has 2 aliphatic carbocycles. The third-order valence-corrected chi connectivity index (χ3v) is 8.60. The highest BCUT2D eigenvalue weighted by molar-refractivity contribution is 6.41. The molecule has 2 aliphatic rings. The monoisotopic (exact) mass is 501 g/mol.